The Hall–Kier alpha value is -3.02. The zero-order chi connectivity index (χ0) is 21.5. The minimum atomic E-state index is -0.0131. The van der Waals surface area contributed by atoms with E-state index in [0.29, 0.717) is 50.3 Å². The van der Waals surface area contributed by atoms with Crippen molar-refractivity contribution in [3.05, 3.63) is 59.2 Å². The fourth-order valence-electron chi connectivity index (χ4n) is 3.71. The van der Waals surface area contributed by atoms with Gasteiger partial charge < -0.3 is 19.3 Å². The van der Waals surface area contributed by atoms with Crippen LogP contribution in [0.15, 0.2) is 42.5 Å². The maximum absolute atomic E-state index is 12.9. The molecule has 0 aromatic heterocycles. The van der Waals surface area contributed by atoms with Gasteiger partial charge in [-0.1, -0.05) is 18.2 Å². The summed E-state index contributed by atoms with van der Waals surface area (Å²) in [5.74, 6) is 1.65. The molecule has 3 rings (SSSR count). The second-order valence-electron chi connectivity index (χ2n) is 7.56. The molecule has 2 amide bonds. The Labute approximate surface area is 178 Å². The highest BCUT2D eigenvalue weighted by molar-refractivity contribution is 5.94. The van der Waals surface area contributed by atoms with Crippen molar-refractivity contribution < 1.29 is 19.1 Å². The summed E-state index contributed by atoms with van der Waals surface area (Å²) in [6, 6.07) is 13.3. The van der Waals surface area contributed by atoms with Crippen LogP contribution in [0.1, 0.15) is 34.3 Å². The Balaban J connectivity index is 1.54. The molecule has 2 aromatic carbocycles. The molecule has 2 aromatic rings. The van der Waals surface area contributed by atoms with Crippen molar-refractivity contribution in [1.82, 2.24) is 9.80 Å². The Morgan fingerprint density at radius 2 is 1.60 bits per heavy atom. The fourth-order valence-corrected chi connectivity index (χ4v) is 3.71. The largest absolute Gasteiger partial charge is 0.497 e. The van der Waals surface area contributed by atoms with Gasteiger partial charge in [-0.05, 0) is 55.2 Å². The minimum Gasteiger partial charge on any atom is -0.497 e. The van der Waals surface area contributed by atoms with Crippen LogP contribution in [-0.2, 0) is 11.2 Å². The number of methoxy groups -OCH3 is 2. The van der Waals surface area contributed by atoms with E-state index in [4.69, 9.17) is 9.47 Å². The SMILES string of the molecule is COc1ccc(CCC(=O)N2CCCN(C(=O)c3ccc(C)c(OC)c3)CC2)cc1. The number of carbonyl (C=O) groups is 2. The molecule has 1 saturated heterocycles. The number of ether oxygens (including phenoxy) is 2. The third-order valence-corrected chi connectivity index (χ3v) is 5.58. The molecule has 1 aliphatic heterocycles. The van der Waals surface area contributed by atoms with Gasteiger partial charge in [-0.15, -0.1) is 0 Å². The molecule has 0 aliphatic carbocycles. The number of carbonyl (C=O) groups excluding carboxylic acids is 2. The van der Waals surface area contributed by atoms with Crippen LogP contribution in [0.5, 0.6) is 11.5 Å². The van der Waals surface area contributed by atoms with E-state index in [9.17, 15) is 9.59 Å². The minimum absolute atomic E-state index is 0.0131. The van der Waals surface area contributed by atoms with Gasteiger partial charge in [0.15, 0.2) is 0 Å². The van der Waals surface area contributed by atoms with Crippen molar-refractivity contribution in [2.24, 2.45) is 0 Å². The highest BCUT2D eigenvalue weighted by atomic mass is 16.5. The van der Waals surface area contributed by atoms with Crippen molar-refractivity contribution in [2.75, 3.05) is 40.4 Å². The zero-order valence-electron chi connectivity index (χ0n) is 18.0. The standard InChI is InChI=1S/C24H30N2O4/c1-18-5-9-20(17-22(18)30-3)24(28)26-14-4-13-25(15-16-26)23(27)12-8-19-6-10-21(29-2)11-7-19/h5-7,9-11,17H,4,8,12-16H2,1-3H3. The molecule has 0 bridgehead atoms. The second kappa shape index (κ2) is 10.1. The molecule has 160 valence electrons. The number of nitrogens with zero attached hydrogens (tertiary/aromatic N) is 2. The quantitative estimate of drug-likeness (QED) is 0.733. The van der Waals surface area contributed by atoms with Crippen molar-refractivity contribution in [3.63, 3.8) is 0 Å². The molecule has 0 N–H and O–H groups in total. The summed E-state index contributed by atoms with van der Waals surface area (Å²) in [7, 11) is 3.25. The Morgan fingerprint density at radius 3 is 2.30 bits per heavy atom. The molecule has 0 unspecified atom stereocenters. The number of benzene rings is 2. The predicted octanol–water partition coefficient (Wildman–Crippen LogP) is 3.32. The van der Waals surface area contributed by atoms with Crippen LogP contribution in [0.4, 0.5) is 0 Å². The Kier molecular flexibility index (Phi) is 7.33. The molecule has 6 heteroatoms. The van der Waals surface area contributed by atoms with E-state index in [2.05, 4.69) is 0 Å². The van der Waals surface area contributed by atoms with Gasteiger partial charge in [0.25, 0.3) is 5.91 Å². The van der Waals surface area contributed by atoms with E-state index in [1.807, 2.05) is 53.1 Å². The number of aryl methyl sites for hydroxylation is 2. The van der Waals surface area contributed by atoms with Crippen LogP contribution in [0.2, 0.25) is 0 Å². The number of rotatable bonds is 6. The van der Waals surface area contributed by atoms with Gasteiger partial charge in [0, 0.05) is 38.2 Å². The lowest BCUT2D eigenvalue weighted by molar-refractivity contribution is -0.131. The van der Waals surface area contributed by atoms with Gasteiger partial charge in [0.1, 0.15) is 11.5 Å². The van der Waals surface area contributed by atoms with E-state index < -0.39 is 0 Å². The molecule has 0 radical (unpaired) electrons. The monoisotopic (exact) mass is 410 g/mol. The van der Waals surface area contributed by atoms with Gasteiger partial charge in [-0.3, -0.25) is 9.59 Å². The summed E-state index contributed by atoms with van der Waals surface area (Å²) in [6.07, 6.45) is 1.95. The smallest absolute Gasteiger partial charge is 0.254 e. The number of hydrogen-bond acceptors (Lipinski definition) is 4. The lowest BCUT2D eigenvalue weighted by atomic mass is 10.1. The van der Waals surface area contributed by atoms with Crippen LogP contribution < -0.4 is 9.47 Å². The molecule has 1 heterocycles. The second-order valence-corrected chi connectivity index (χ2v) is 7.56. The summed E-state index contributed by atoms with van der Waals surface area (Å²) in [4.78, 5) is 29.3. The van der Waals surface area contributed by atoms with E-state index in [0.717, 1.165) is 23.3 Å². The molecule has 6 nitrogen and oxygen atoms in total. The van der Waals surface area contributed by atoms with Crippen LogP contribution in [0.3, 0.4) is 0 Å². The van der Waals surface area contributed by atoms with E-state index in [-0.39, 0.29) is 11.8 Å². The van der Waals surface area contributed by atoms with Crippen LogP contribution in [0, 0.1) is 6.92 Å². The molecule has 1 aliphatic rings. The summed E-state index contributed by atoms with van der Waals surface area (Å²) in [5, 5.41) is 0. The predicted molar refractivity (Wildman–Crippen MR) is 116 cm³/mol. The fraction of sp³-hybridized carbons (Fsp3) is 0.417. The average molecular weight is 411 g/mol. The lowest BCUT2D eigenvalue weighted by Crippen LogP contribution is -2.37. The van der Waals surface area contributed by atoms with E-state index in [1.165, 1.54) is 0 Å². The van der Waals surface area contributed by atoms with Crippen molar-refractivity contribution >= 4 is 11.8 Å². The molecular weight excluding hydrogens is 380 g/mol. The highest BCUT2D eigenvalue weighted by Crippen LogP contribution is 2.21. The maximum Gasteiger partial charge on any atom is 0.254 e. The molecule has 30 heavy (non-hydrogen) atoms. The van der Waals surface area contributed by atoms with Gasteiger partial charge in [-0.25, -0.2) is 0 Å². The first-order valence-corrected chi connectivity index (χ1v) is 10.4. The normalized spacial score (nSPS) is 14.2. The molecule has 0 spiro atoms. The third-order valence-electron chi connectivity index (χ3n) is 5.58. The number of amides is 2. The summed E-state index contributed by atoms with van der Waals surface area (Å²) in [6.45, 7) is 4.40. The molecular formula is C24H30N2O4. The van der Waals surface area contributed by atoms with Gasteiger partial charge in [-0.2, -0.15) is 0 Å². The van der Waals surface area contributed by atoms with Crippen molar-refractivity contribution in [1.29, 1.82) is 0 Å². The van der Waals surface area contributed by atoms with E-state index >= 15 is 0 Å². The van der Waals surface area contributed by atoms with Gasteiger partial charge >= 0.3 is 0 Å². The molecule has 0 saturated carbocycles. The van der Waals surface area contributed by atoms with Gasteiger partial charge in [0.05, 0.1) is 14.2 Å². The topological polar surface area (TPSA) is 59.1 Å². The summed E-state index contributed by atoms with van der Waals surface area (Å²) >= 11 is 0. The first-order valence-electron chi connectivity index (χ1n) is 10.4. The first-order chi connectivity index (χ1) is 14.5. The van der Waals surface area contributed by atoms with Gasteiger partial charge in [0.2, 0.25) is 5.91 Å². The van der Waals surface area contributed by atoms with Crippen LogP contribution >= 0.6 is 0 Å². The number of hydrogen-bond donors (Lipinski definition) is 0. The third kappa shape index (κ3) is 5.32. The molecule has 1 fully saturated rings. The summed E-state index contributed by atoms with van der Waals surface area (Å²) in [5.41, 5.74) is 2.74. The van der Waals surface area contributed by atoms with Crippen molar-refractivity contribution in [2.45, 2.75) is 26.2 Å². The van der Waals surface area contributed by atoms with Crippen LogP contribution in [0.25, 0.3) is 0 Å². The highest BCUT2D eigenvalue weighted by Gasteiger charge is 2.23. The van der Waals surface area contributed by atoms with E-state index in [1.54, 1.807) is 20.3 Å². The lowest BCUT2D eigenvalue weighted by Gasteiger charge is -2.22. The van der Waals surface area contributed by atoms with Crippen LogP contribution in [-0.4, -0.2) is 62.0 Å². The van der Waals surface area contributed by atoms with Crippen molar-refractivity contribution in [3.8, 4) is 11.5 Å². The summed E-state index contributed by atoms with van der Waals surface area (Å²) < 4.78 is 10.5. The average Bonchev–Trinajstić information content (AvgIpc) is 3.04. The molecule has 0 atom stereocenters. The first kappa shape index (κ1) is 21.7. The Morgan fingerprint density at radius 1 is 0.900 bits per heavy atom. The maximum atomic E-state index is 12.9. The zero-order valence-corrected chi connectivity index (χ0v) is 18.0. The Bertz CT molecular complexity index is 879.